The molecule has 0 saturated heterocycles. The minimum Gasteiger partial charge on any atom is -0.496 e. The minimum absolute atomic E-state index is 0.257. The van der Waals surface area contributed by atoms with Crippen LogP contribution >= 0.6 is 11.6 Å². The van der Waals surface area contributed by atoms with E-state index in [4.69, 9.17) is 25.8 Å². The first-order valence-electron chi connectivity index (χ1n) is 10.7. The molecular weight excluding hydrogens is 450 g/mol. The van der Waals surface area contributed by atoms with Gasteiger partial charge in [-0.2, -0.15) is 0 Å². The summed E-state index contributed by atoms with van der Waals surface area (Å²) in [6.45, 7) is 2.28. The van der Waals surface area contributed by atoms with E-state index in [2.05, 4.69) is 5.32 Å². The number of benzene rings is 4. The van der Waals surface area contributed by atoms with Gasteiger partial charge in [0.05, 0.1) is 12.8 Å². The largest absolute Gasteiger partial charge is 0.496 e. The van der Waals surface area contributed by atoms with Gasteiger partial charge in [-0.3, -0.25) is 4.79 Å². The molecule has 6 heteroatoms. The molecule has 4 rings (SSSR count). The Balaban J connectivity index is 1.53. The van der Waals surface area contributed by atoms with E-state index in [1.807, 2.05) is 61.5 Å². The first kappa shape index (κ1) is 23.2. The third-order valence-corrected chi connectivity index (χ3v) is 5.35. The zero-order valence-electron chi connectivity index (χ0n) is 18.9. The third-order valence-electron chi connectivity index (χ3n) is 5.12. The van der Waals surface area contributed by atoms with Gasteiger partial charge in [0.25, 0.3) is 5.91 Å². The van der Waals surface area contributed by atoms with Crippen LogP contribution in [0.2, 0.25) is 5.02 Å². The van der Waals surface area contributed by atoms with Gasteiger partial charge in [-0.25, -0.2) is 0 Å². The molecule has 0 unspecified atom stereocenters. The number of amides is 1. The van der Waals surface area contributed by atoms with Crippen LogP contribution in [0, 0.1) is 6.92 Å². The fourth-order valence-corrected chi connectivity index (χ4v) is 3.50. The van der Waals surface area contributed by atoms with E-state index in [-0.39, 0.29) is 12.5 Å². The summed E-state index contributed by atoms with van der Waals surface area (Å²) in [5.74, 6) is 2.21. The average Bonchev–Trinajstić information content (AvgIpc) is 2.86. The van der Waals surface area contributed by atoms with Gasteiger partial charge in [0.1, 0.15) is 23.9 Å². The lowest BCUT2D eigenvalue weighted by atomic mass is 10.1. The molecule has 5 nitrogen and oxygen atoms in total. The Kier molecular flexibility index (Phi) is 7.35. The minimum atomic E-state index is -0.306. The van der Waals surface area contributed by atoms with Crippen LogP contribution in [-0.2, 0) is 6.61 Å². The number of methoxy groups -OCH3 is 1. The molecule has 0 aliphatic carbocycles. The molecule has 0 bridgehead atoms. The molecule has 1 N–H and O–H groups in total. The molecule has 0 atom stereocenters. The number of para-hydroxylation sites is 1. The molecule has 4 aromatic rings. The van der Waals surface area contributed by atoms with Crippen LogP contribution in [0.25, 0.3) is 0 Å². The molecule has 4 aromatic carbocycles. The molecular formula is C28H24ClNO4. The van der Waals surface area contributed by atoms with Crippen LogP contribution in [0.1, 0.15) is 21.5 Å². The molecule has 0 fully saturated rings. The highest BCUT2D eigenvalue weighted by molar-refractivity contribution is 6.31. The predicted molar refractivity (Wildman–Crippen MR) is 134 cm³/mol. The van der Waals surface area contributed by atoms with Gasteiger partial charge in [-0.05, 0) is 67.6 Å². The molecule has 0 saturated carbocycles. The molecule has 0 spiro atoms. The Labute approximate surface area is 203 Å². The molecule has 0 radical (unpaired) electrons. The second kappa shape index (κ2) is 10.8. The van der Waals surface area contributed by atoms with Crippen LogP contribution in [-0.4, -0.2) is 13.0 Å². The van der Waals surface area contributed by atoms with Crippen molar-refractivity contribution in [3.63, 3.8) is 0 Å². The van der Waals surface area contributed by atoms with Crippen molar-refractivity contribution in [2.75, 3.05) is 12.4 Å². The Morgan fingerprint density at radius 3 is 2.32 bits per heavy atom. The topological polar surface area (TPSA) is 56.8 Å². The van der Waals surface area contributed by atoms with E-state index in [0.717, 1.165) is 16.9 Å². The fourth-order valence-electron chi connectivity index (χ4n) is 3.33. The van der Waals surface area contributed by atoms with Crippen molar-refractivity contribution >= 4 is 23.2 Å². The molecule has 0 aliphatic heterocycles. The number of anilines is 1. The summed E-state index contributed by atoms with van der Waals surface area (Å²) in [4.78, 5) is 13.1. The standard InChI is InChI=1S/C28H24ClNO4/c1-19-8-12-23(13-9-19)33-18-21-16-20(10-14-26(21)32-2)28(31)30-25-17-22(29)11-15-27(25)34-24-6-4-3-5-7-24/h3-17H,18H2,1-2H3,(H,30,31). The Bertz CT molecular complexity index is 1270. The molecule has 0 aromatic heterocycles. The molecule has 0 aliphatic rings. The van der Waals surface area contributed by atoms with Crippen molar-refractivity contribution in [2.24, 2.45) is 0 Å². The number of rotatable bonds is 8. The fraction of sp³-hybridized carbons (Fsp3) is 0.107. The van der Waals surface area contributed by atoms with Crippen LogP contribution < -0.4 is 19.5 Å². The Hall–Kier alpha value is -3.96. The van der Waals surface area contributed by atoms with E-state index in [1.165, 1.54) is 0 Å². The lowest BCUT2D eigenvalue weighted by Crippen LogP contribution is -2.13. The number of aryl methyl sites for hydroxylation is 1. The lowest BCUT2D eigenvalue weighted by Gasteiger charge is -2.14. The van der Waals surface area contributed by atoms with Gasteiger partial charge in [0.2, 0.25) is 0 Å². The van der Waals surface area contributed by atoms with Crippen LogP contribution in [0.5, 0.6) is 23.0 Å². The van der Waals surface area contributed by atoms with Crippen LogP contribution in [0.15, 0.2) is 91.0 Å². The van der Waals surface area contributed by atoms with Gasteiger partial charge in [0, 0.05) is 16.1 Å². The predicted octanol–water partition coefficient (Wildman–Crippen LogP) is 7.28. The monoisotopic (exact) mass is 473 g/mol. The number of nitrogens with one attached hydrogen (secondary N) is 1. The highest BCUT2D eigenvalue weighted by atomic mass is 35.5. The highest BCUT2D eigenvalue weighted by Crippen LogP contribution is 2.32. The quantitative estimate of drug-likeness (QED) is 0.292. The zero-order valence-corrected chi connectivity index (χ0v) is 19.6. The second-order valence-electron chi connectivity index (χ2n) is 7.64. The SMILES string of the molecule is COc1ccc(C(=O)Nc2cc(Cl)ccc2Oc2ccccc2)cc1COc1ccc(C)cc1. The maximum Gasteiger partial charge on any atom is 0.255 e. The Morgan fingerprint density at radius 1 is 0.853 bits per heavy atom. The molecule has 0 heterocycles. The summed E-state index contributed by atoms with van der Waals surface area (Å²) in [5.41, 5.74) is 2.83. The first-order valence-corrected chi connectivity index (χ1v) is 11.1. The van der Waals surface area contributed by atoms with Gasteiger partial charge in [0.15, 0.2) is 5.75 Å². The number of ether oxygens (including phenoxy) is 3. The smallest absolute Gasteiger partial charge is 0.255 e. The van der Waals surface area contributed by atoms with Crippen LogP contribution in [0.4, 0.5) is 5.69 Å². The second-order valence-corrected chi connectivity index (χ2v) is 8.07. The summed E-state index contributed by atoms with van der Waals surface area (Å²) < 4.78 is 17.3. The average molecular weight is 474 g/mol. The third kappa shape index (κ3) is 5.88. The molecule has 1 amide bonds. The van der Waals surface area contributed by atoms with E-state index < -0.39 is 0 Å². The summed E-state index contributed by atoms with van der Waals surface area (Å²) in [5, 5.41) is 3.39. The van der Waals surface area contributed by atoms with Crippen molar-refractivity contribution in [1.82, 2.24) is 0 Å². The lowest BCUT2D eigenvalue weighted by molar-refractivity contribution is 0.102. The van der Waals surface area contributed by atoms with Crippen molar-refractivity contribution < 1.29 is 19.0 Å². The van der Waals surface area contributed by atoms with Gasteiger partial charge in [-0.1, -0.05) is 47.5 Å². The summed E-state index contributed by atoms with van der Waals surface area (Å²) in [6.07, 6.45) is 0. The maximum absolute atomic E-state index is 13.1. The van der Waals surface area contributed by atoms with Crippen LogP contribution in [0.3, 0.4) is 0 Å². The Morgan fingerprint density at radius 2 is 1.59 bits per heavy atom. The van der Waals surface area contributed by atoms with Crippen molar-refractivity contribution in [2.45, 2.75) is 13.5 Å². The van der Waals surface area contributed by atoms with Crippen molar-refractivity contribution in [3.05, 3.63) is 113 Å². The van der Waals surface area contributed by atoms with Crippen molar-refractivity contribution in [3.8, 4) is 23.0 Å². The van der Waals surface area contributed by atoms with Gasteiger partial charge < -0.3 is 19.5 Å². The number of hydrogen-bond donors (Lipinski definition) is 1. The molecule has 172 valence electrons. The van der Waals surface area contributed by atoms with E-state index >= 15 is 0 Å². The van der Waals surface area contributed by atoms with Gasteiger partial charge >= 0.3 is 0 Å². The number of carbonyl (C=O) groups excluding carboxylic acids is 1. The summed E-state index contributed by atoms with van der Waals surface area (Å²) in [7, 11) is 1.59. The molecule has 34 heavy (non-hydrogen) atoms. The number of halogens is 1. The van der Waals surface area contributed by atoms with E-state index in [1.54, 1.807) is 43.5 Å². The van der Waals surface area contributed by atoms with E-state index in [9.17, 15) is 4.79 Å². The van der Waals surface area contributed by atoms with Crippen molar-refractivity contribution in [1.29, 1.82) is 0 Å². The first-order chi connectivity index (χ1) is 16.5. The highest BCUT2D eigenvalue weighted by Gasteiger charge is 2.14. The normalized spacial score (nSPS) is 10.4. The maximum atomic E-state index is 13.1. The van der Waals surface area contributed by atoms with E-state index in [0.29, 0.717) is 33.5 Å². The van der Waals surface area contributed by atoms with Gasteiger partial charge in [-0.15, -0.1) is 0 Å². The number of carbonyl (C=O) groups is 1. The zero-order chi connectivity index (χ0) is 23.9. The summed E-state index contributed by atoms with van der Waals surface area (Å²) >= 11 is 6.18. The summed E-state index contributed by atoms with van der Waals surface area (Å²) in [6, 6.07) is 27.4. The number of hydrogen-bond acceptors (Lipinski definition) is 4.